The highest BCUT2D eigenvalue weighted by Crippen LogP contribution is 2.32. The van der Waals surface area contributed by atoms with Crippen molar-refractivity contribution in [1.29, 1.82) is 0 Å². The molecule has 1 heterocycles. The highest BCUT2D eigenvalue weighted by atomic mass is 32.2. The number of ether oxygens (including phenoxy) is 1. The van der Waals surface area contributed by atoms with E-state index < -0.39 is 18.1 Å². The molecule has 0 spiro atoms. The lowest BCUT2D eigenvalue weighted by Gasteiger charge is -2.11. The van der Waals surface area contributed by atoms with Gasteiger partial charge in [0.25, 0.3) is 0 Å². The van der Waals surface area contributed by atoms with Gasteiger partial charge in [-0.3, -0.25) is 4.79 Å². The maximum Gasteiger partial charge on any atom is 0.320 e. The molecule has 0 fully saturated rings. The third-order valence-electron chi connectivity index (χ3n) is 2.89. The van der Waals surface area contributed by atoms with Gasteiger partial charge >= 0.3 is 5.97 Å². The number of fused-ring (bicyclic) bond motifs is 1. The summed E-state index contributed by atoms with van der Waals surface area (Å²) in [4.78, 5) is 15.1. The first-order valence-corrected chi connectivity index (χ1v) is 8.62. The number of hydrogen-bond acceptors (Lipinski definition) is 7. The summed E-state index contributed by atoms with van der Waals surface area (Å²) in [7, 11) is 0. The summed E-state index contributed by atoms with van der Waals surface area (Å²) in [6.45, 7) is 2.54. The lowest BCUT2D eigenvalue weighted by Crippen LogP contribution is -2.34. The zero-order valence-electron chi connectivity index (χ0n) is 12.1. The van der Waals surface area contributed by atoms with Gasteiger partial charge in [-0.25, -0.2) is 4.98 Å². The Morgan fingerprint density at radius 3 is 3.00 bits per heavy atom. The highest BCUT2D eigenvalue weighted by molar-refractivity contribution is 8.01. The average Bonchev–Trinajstić information content (AvgIpc) is 2.87. The van der Waals surface area contributed by atoms with E-state index in [1.807, 2.05) is 25.1 Å². The number of carboxylic acids is 1. The first-order chi connectivity index (χ1) is 10.5. The van der Waals surface area contributed by atoms with Crippen LogP contribution in [0.2, 0.25) is 0 Å². The summed E-state index contributed by atoms with van der Waals surface area (Å²) in [5.74, 6) is 0.0641. The maximum absolute atomic E-state index is 10.6. The fraction of sp³-hybridized carbons (Fsp3) is 0.429. The smallest absolute Gasteiger partial charge is 0.320 e. The number of carboxylic acid groups (broad SMARTS) is 1. The molecule has 2 rings (SSSR count). The third-order valence-corrected chi connectivity index (χ3v) is 5.20. The van der Waals surface area contributed by atoms with Crippen molar-refractivity contribution >= 4 is 39.3 Å². The van der Waals surface area contributed by atoms with Crippen LogP contribution in [0, 0.1) is 0 Å². The van der Waals surface area contributed by atoms with Crippen molar-refractivity contribution in [2.75, 3.05) is 12.4 Å². The van der Waals surface area contributed by atoms with Gasteiger partial charge in [0.1, 0.15) is 11.8 Å². The molecule has 0 amide bonds. The normalized spacial score (nSPS) is 14.0. The molecular weight excluding hydrogens is 324 g/mol. The topological polar surface area (TPSA) is 106 Å². The van der Waals surface area contributed by atoms with Crippen LogP contribution in [-0.4, -0.2) is 45.7 Å². The van der Waals surface area contributed by atoms with E-state index in [9.17, 15) is 9.90 Å². The van der Waals surface area contributed by atoms with E-state index in [4.69, 9.17) is 15.6 Å². The summed E-state index contributed by atoms with van der Waals surface area (Å²) < 4.78 is 7.29. The maximum atomic E-state index is 10.6. The zero-order valence-corrected chi connectivity index (χ0v) is 13.7. The second-order valence-corrected chi connectivity index (χ2v) is 6.99. The molecule has 8 heteroatoms. The lowest BCUT2D eigenvalue weighted by molar-refractivity contribution is -0.139. The molecule has 2 unspecified atom stereocenters. The Balaban J connectivity index is 1.95. The van der Waals surface area contributed by atoms with E-state index >= 15 is 0 Å². The molecule has 1 aromatic carbocycles. The number of hydrogen-bond donors (Lipinski definition) is 3. The van der Waals surface area contributed by atoms with E-state index in [1.165, 1.54) is 23.1 Å². The average molecular weight is 342 g/mol. The molecule has 2 atom stereocenters. The van der Waals surface area contributed by atoms with Crippen LogP contribution in [0.3, 0.4) is 0 Å². The fourth-order valence-electron chi connectivity index (χ4n) is 1.83. The minimum absolute atomic E-state index is 0.0295. The van der Waals surface area contributed by atoms with Crippen molar-refractivity contribution in [3.63, 3.8) is 0 Å². The van der Waals surface area contributed by atoms with Gasteiger partial charge in [0.2, 0.25) is 0 Å². The second kappa shape index (κ2) is 7.77. The van der Waals surface area contributed by atoms with Gasteiger partial charge in [-0.15, -0.1) is 11.3 Å². The Kier molecular flexibility index (Phi) is 6.01. The van der Waals surface area contributed by atoms with Gasteiger partial charge in [-0.2, -0.15) is 0 Å². The van der Waals surface area contributed by atoms with Crippen molar-refractivity contribution < 1.29 is 19.7 Å². The van der Waals surface area contributed by atoms with Gasteiger partial charge < -0.3 is 20.7 Å². The van der Waals surface area contributed by atoms with Crippen molar-refractivity contribution in [2.45, 2.75) is 29.8 Å². The van der Waals surface area contributed by atoms with Crippen LogP contribution in [0.5, 0.6) is 5.75 Å². The Labute approximate surface area is 136 Å². The largest absolute Gasteiger partial charge is 0.494 e. The van der Waals surface area contributed by atoms with Crippen LogP contribution in [0.4, 0.5) is 0 Å². The molecule has 0 bridgehead atoms. The van der Waals surface area contributed by atoms with Gasteiger partial charge in [0.05, 0.1) is 22.9 Å². The van der Waals surface area contributed by atoms with Crippen LogP contribution < -0.4 is 10.5 Å². The van der Waals surface area contributed by atoms with E-state index in [1.54, 1.807) is 0 Å². The zero-order chi connectivity index (χ0) is 16.1. The van der Waals surface area contributed by atoms with Crippen LogP contribution in [-0.2, 0) is 4.79 Å². The number of aliphatic hydroxyl groups is 1. The molecule has 0 saturated carbocycles. The van der Waals surface area contributed by atoms with E-state index in [-0.39, 0.29) is 6.42 Å². The SMILES string of the molecule is CCOc1ccc2nc(SCC(O)CC(N)C(=O)O)sc2c1. The Morgan fingerprint density at radius 2 is 2.32 bits per heavy atom. The van der Waals surface area contributed by atoms with Crippen LogP contribution in [0.1, 0.15) is 13.3 Å². The molecule has 2 aromatic rings. The first kappa shape index (κ1) is 17.0. The molecule has 4 N–H and O–H groups in total. The summed E-state index contributed by atoms with van der Waals surface area (Å²) in [6.07, 6.45) is -0.746. The van der Waals surface area contributed by atoms with E-state index in [0.29, 0.717) is 12.4 Å². The highest BCUT2D eigenvalue weighted by Gasteiger charge is 2.17. The standard InChI is InChI=1S/C14H18N2O4S2/c1-2-20-9-3-4-11-12(6-9)22-14(16-11)21-7-8(17)5-10(15)13(18)19/h3-4,6,8,10,17H,2,5,7,15H2,1H3,(H,18,19). The number of rotatable bonds is 8. The van der Waals surface area contributed by atoms with E-state index in [2.05, 4.69) is 4.98 Å². The predicted molar refractivity (Wildman–Crippen MR) is 87.7 cm³/mol. The monoisotopic (exact) mass is 342 g/mol. The summed E-state index contributed by atoms with van der Waals surface area (Å²) in [6, 6.07) is 4.68. The number of carbonyl (C=O) groups is 1. The van der Waals surface area contributed by atoms with Crippen molar-refractivity contribution in [3.05, 3.63) is 18.2 Å². The number of thioether (sulfide) groups is 1. The predicted octanol–water partition coefficient (Wildman–Crippen LogP) is 1.95. The Bertz CT molecular complexity index is 647. The number of nitrogens with two attached hydrogens (primary N) is 1. The molecule has 6 nitrogen and oxygen atoms in total. The summed E-state index contributed by atoms with van der Waals surface area (Å²) in [5, 5.41) is 18.5. The Morgan fingerprint density at radius 1 is 1.55 bits per heavy atom. The van der Waals surface area contributed by atoms with Crippen LogP contribution in [0.15, 0.2) is 22.5 Å². The quantitative estimate of drug-likeness (QED) is 0.630. The fourth-order valence-corrected chi connectivity index (χ4v) is 3.90. The number of benzene rings is 1. The molecule has 22 heavy (non-hydrogen) atoms. The van der Waals surface area contributed by atoms with Crippen LogP contribution in [0.25, 0.3) is 10.2 Å². The summed E-state index contributed by atoms with van der Waals surface area (Å²) in [5.41, 5.74) is 6.28. The van der Waals surface area contributed by atoms with Gasteiger partial charge in [0, 0.05) is 5.75 Å². The number of aromatic nitrogens is 1. The van der Waals surface area contributed by atoms with Gasteiger partial charge in [0.15, 0.2) is 4.34 Å². The first-order valence-electron chi connectivity index (χ1n) is 6.82. The molecule has 0 aliphatic rings. The third kappa shape index (κ3) is 4.57. The van der Waals surface area contributed by atoms with Crippen molar-refractivity contribution in [1.82, 2.24) is 4.98 Å². The number of thiazole rings is 1. The lowest BCUT2D eigenvalue weighted by atomic mass is 10.1. The van der Waals surface area contributed by atoms with E-state index in [0.717, 1.165) is 20.3 Å². The molecule has 120 valence electrons. The minimum atomic E-state index is -1.10. The number of aliphatic carboxylic acids is 1. The minimum Gasteiger partial charge on any atom is -0.494 e. The molecule has 0 aliphatic heterocycles. The second-order valence-electron chi connectivity index (χ2n) is 4.69. The Hall–Kier alpha value is -1.35. The summed E-state index contributed by atoms with van der Waals surface area (Å²) >= 11 is 2.91. The van der Waals surface area contributed by atoms with Crippen LogP contribution >= 0.6 is 23.1 Å². The number of aliphatic hydroxyl groups excluding tert-OH is 1. The van der Waals surface area contributed by atoms with Crippen molar-refractivity contribution in [3.8, 4) is 5.75 Å². The molecule has 0 aliphatic carbocycles. The molecular formula is C14H18N2O4S2. The van der Waals surface area contributed by atoms with Gasteiger partial charge in [-0.05, 0) is 31.5 Å². The number of nitrogens with zero attached hydrogens (tertiary/aromatic N) is 1. The van der Waals surface area contributed by atoms with Crippen molar-refractivity contribution in [2.24, 2.45) is 5.73 Å². The molecule has 0 radical (unpaired) electrons. The molecule has 1 aromatic heterocycles. The molecule has 0 saturated heterocycles. The van der Waals surface area contributed by atoms with Gasteiger partial charge in [-0.1, -0.05) is 11.8 Å².